The minimum atomic E-state index is -0.609. The van der Waals surface area contributed by atoms with Crippen molar-refractivity contribution in [2.24, 2.45) is 11.7 Å². The fourth-order valence-corrected chi connectivity index (χ4v) is 3.05. The second-order valence-electron chi connectivity index (χ2n) is 5.86. The number of halogens is 2. The lowest BCUT2D eigenvalue weighted by molar-refractivity contribution is -0.139. The van der Waals surface area contributed by atoms with Crippen LogP contribution in [0, 0.1) is 5.92 Å². The predicted octanol–water partition coefficient (Wildman–Crippen LogP) is 3.35. The number of benzene rings is 1. The Labute approximate surface area is 141 Å². The van der Waals surface area contributed by atoms with Crippen LogP contribution in [0.25, 0.3) is 0 Å². The number of ether oxygens (including phenoxy) is 1. The zero-order valence-electron chi connectivity index (χ0n) is 12.9. The summed E-state index contributed by atoms with van der Waals surface area (Å²) < 4.78 is 5.70. The van der Waals surface area contributed by atoms with Gasteiger partial charge in [0.2, 0.25) is 0 Å². The van der Waals surface area contributed by atoms with Gasteiger partial charge < -0.3 is 15.4 Å². The van der Waals surface area contributed by atoms with Crippen LogP contribution in [-0.2, 0) is 4.79 Å². The Morgan fingerprint density at radius 2 is 2.14 bits per heavy atom. The van der Waals surface area contributed by atoms with Crippen molar-refractivity contribution in [1.29, 1.82) is 0 Å². The topological polar surface area (TPSA) is 55.6 Å². The van der Waals surface area contributed by atoms with E-state index in [9.17, 15) is 4.79 Å². The van der Waals surface area contributed by atoms with Gasteiger partial charge in [0.05, 0.1) is 5.02 Å². The summed E-state index contributed by atoms with van der Waals surface area (Å²) in [6, 6.07) is 5.22. The largest absolute Gasteiger partial charge is 0.479 e. The summed E-state index contributed by atoms with van der Waals surface area (Å²) in [5.41, 5.74) is 5.96. The second-order valence-corrected chi connectivity index (χ2v) is 6.64. The van der Waals surface area contributed by atoms with E-state index in [1.807, 2.05) is 11.8 Å². The van der Waals surface area contributed by atoms with Gasteiger partial charge in [-0.1, -0.05) is 29.3 Å². The molecule has 6 heteroatoms. The minimum Gasteiger partial charge on any atom is -0.479 e. The van der Waals surface area contributed by atoms with E-state index in [1.54, 1.807) is 25.1 Å². The number of piperidine rings is 1. The summed E-state index contributed by atoms with van der Waals surface area (Å²) in [5.74, 6) is 0.733. The summed E-state index contributed by atoms with van der Waals surface area (Å²) in [5, 5.41) is 0.740. The molecule has 1 heterocycles. The molecule has 0 radical (unpaired) electrons. The number of carbonyl (C=O) groups excluding carboxylic acids is 1. The number of amides is 1. The standard InChI is InChI=1S/C16H22Cl2N2O2/c1-10(19)12-5-4-8-20(9-12)16(21)11(2)22-14-7-3-6-13(17)15(14)18/h3,6-7,10-12H,4-5,8-9,19H2,1-2H3. The molecule has 2 rings (SSSR count). The Balaban J connectivity index is 2.01. The molecule has 1 fully saturated rings. The molecule has 1 amide bonds. The number of carbonyl (C=O) groups is 1. The average molecular weight is 345 g/mol. The molecule has 22 heavy (non-hydrogen) atoms. The van der Waals surface area contributed by atoms with Crippen molar-refractivity contribution >= 4 is 29.1 Å². The maximum Gasteiger partial charge on any atom is 0.263 e. The molecular weight excluding hydrogens is 323 g/mol. The van der Waals surface area contributed by atoms with Crippen LogP contribution in [0.2, 0.25) is 10.0 Å². The van der Waals surface area contributed by atoms with Gasteiger partial charge in [-0.3, -0.25) is 4.79 Å². The van der Waals surface area contributed by atoms with Gasteiger partial charge in [-0.05, 0) is 44.7 Å². The molecule has 0 aliphatic carbocycles. The third kappa shape index (κ3) is 4.06. The highest BCUT2D eigenvalue weighted by molar-refractivity contribution is 6.42. The van der Waals surface area contributed by atoms with E-state index in [2.05, 4.69) is 0 Å². The maximum absolute atomic E-state index is 12.6. The first-order chi connectivity index (χ1) is 10.4. The normalized spacial score (nSPS) is 21.3. The van der Waals surface area contributed by atoms with E-state index in [0.717, 1.165) is 19.4 Å². The van der Waals surface area contributed by atoms with Gasteiger partial charge in [0.1, 0.15) is 10.8 Å². The molecule has 1 aromatic rings. The highest BCUT2D eigenvalue weighted by Gasteiger charge is 2.29. The summed E-state index contributed by atoms with van der Waals surface area (Å²) in [6.07, 6.45) is 1.43. The van der Waals surface area contributed by atoms with Crippen molar-refractivity contribution in [1.82, 2.24) is 4.90 Å². The van der Waals surface area contributed by atoms with Crippen molar-refractivity contribution < 1.29 is 9.53 Å². The van der Waals surface area contributed by atoms with Gasteiger partial charge in [0.15, 0.2) is 6.10 Å². The van der Waals surface area contributed by atoms with Gasteiger partial charge in [-0.15, -0.1) is 0 Å². The predicted molar refractivity (Wildman–Crippen MR) is 89.5 cm³/mol. The summed E-state index contributed by atoms with van der Waals surface area (Å²) in [7, 11) is 0. The van der Waals surface area contributed by atoms with Crippen molar-refractivity contribution in [2.45, 2.75) is 38.8 Å². The third-order valence-corrected chi connectivity index (χ3v) is 4.88. The van der Waals surface area contributed by atoms with Gasteiger partial charge >= 0.3 is 0 Å². The van der Waals surface area contributed by atoms with Gasteiger partial charge in [-0.2, -0.15) is 0 Å². The molecule has 0 bridgehead atoms. The molecular formula is C16H22Cl2N2O2. The summed E-state index contributed by atoms with van der Waals surface area (Å²) >= 11 is 12.1. The van der Waals surface area contributed by atoms with Gasteiger partial charge in [0.25, 0.3) is 5.91 Å². The van der Waals surface area contributed by atoms with Crippen LogP contribution in [0.1, 0.15) is 26.7 Å². The first-order valence-corrected chi connectivity index (χ1v) is 8.30. The molecule has 1 aliphatic rings. The van der Waals surface area contributed by atoms with Crippen LogP contribution in [-0.4, -0.2) is 36.0 Å². The van der Waals surface area contributed by atoms with E-state index in [0.29, 0.717) is 28.3 Å². The molecule has 1 aliphatic heterocycles. The van der Waals surface area contributed by atoms with Gasteiger partial charge in [-0.25, -0.2) is 0 Å². The van der Waals surface area contributed by atoms with Crippen LogP contribution >= 0.6 is 23.2 Å². The summed E-state index contributed by atoms with van der Waals surface area (Å²) in [6.45, 7) is 5.16. The molecule has 4 nitrogen and oxygen atoms in total. The molecule has 0 aromatic heterocycles. The highest BCUT2D eigenvalue weighted by atomic mass is 35.5. The van der Waals surface area contributed by atoms with Gasteiger partial charge in [0, 0.05) is 19.1 Å². The molecule has 0 spiro atoms. The second kappa shape index (κ2) is 7.53. The fraction of sp³-hybridized carbons (Fsp3) is 0.562. The van der Waals surface area contributed by atoms with Crippen molar-refractivity contribution in [3.05, 3.63) is 28.2 Å². The number of hydrogen-bond acceptors (Lipinski definition) is 3. The smallest absolute Gasteiger partial charge is 0.263 e. The lowest BCUT2D eigenvalue weighted by atomic mass is 9.92. The van der Waals surface area contributed by atoms with Crippen LogP contribution in [0.15, 0.2) is 18.2 Å². The molecule has 0 saturated carbocycles. The average Bonchev–Trinajstić information content (AvgIpc) is 2.51. The Morgan fingerprint density at radius 3 is 2.82 bits per heavy atom. The minimum absolute atomic E-state index is 0.0404. The number of nitrogens with two attached hydrogens (primary N) is 1. The monoisotopic (exact) mass is 344 g/mol. The first kappa shape index (κ1) is 17.4. The van der Waals surface area contributed by atoms with E-state index in [4.69, 9.17) is 33.7 Å². The quantitative estimate of drug-likeness (QED) is 0.911. The van der Waals surface area contributed by atoms with Crippen LogP contribution < -0.4 is 10.5 Å². The van der Waals surface area contributed by atoms with E-state index in [1.165, 1.54) is 0 Å². The number of hydrogen-bond donors (Lipinski definition) is 1. The zero-order valence-corrected chi connectivity index (χ0v) is 14.4. The fourth-order valence-electron chi connectivity index (χ4n) is 2.71. The Morgan fingerprint density at radius 1 is 1.41 bits per heavy atom. The first-order valence-electron chi connectivity index (χ1n) is 7.55. The molecule has 3 atom stereocenters. The SMILES string of the molecule is CC(Oc1cccc(Cl)c1Cl)C(=O)N1CCCC(C(C)N)C1. The maximum atomic E-state index is 12.6. The Bertz CT molecular complexity index is 537. The van der Waals surface area contributed by atoms with Crippen molar-refractivity contribution in [3.8, 4) is 5.75 Å². The zero-order chi connectivity index (χ0) is 16.3. The molecule has 3 unspecified atom stereocenters. The Kier molecular flexibility index (Phi) is 5.95. The van der Waals surface area contributed by atoms with E-state index in [-0.39, 0.29) is 11.9 Å². The lowest BCUT2D eigenvalue weighted by Crippen LogP contribution is -2.48. The Hall–Kier alpha value is -0.970. The lowest BCUT2D eigenvalue weighted by Gasteiger charge is -2.35. The number of likely N-dealkylation sites (tertiary alicyclic amines) is 1. The van der Waals surface area contributed by atoms with E-state index >= 15 is 0 Å². The van der Waals surface area contributed by atoms with Crippen LogP contribution in [0.4, 0.5) is 0 Å². The van der Waals surface area contributed by atoms with E-state index < -0.39 is 6.10 Å². The highest BCUT2D eigenvalue weighted by Crippen LogP contribution is 2.32. The number of nitrogens with zero attached hydrogens (tertiary/aromatic N) is 1. The summed E-state index contributed by atoms with van der Waals surface area (Å²) in [4.78, 5) is 14.4. The molecule has 1 saturated heterocycles. The van der Waals surface area contributed by atoms with Crippen molar-refractivity contribution in [3.63, 3.8) is 0 Å². The number of rotatable bonds is 4. The van der Waals surface area contributed by atoms with Crippen molar-refractivity contribution in [2.75, 3.05) is 13.1 Å². The molecule has 2 N–H and O–H groups in total. The molecule has 122 valence electrons. The van der Waals surface area contributed by atoms with Crippen LogP contribution in [0.5, 0.6) is 5.75 Å². The third-order valence-electron chi connectivity index (χ3n) is 4.08. The van der Waals surface area contributed by atoms with Crippen LogP contribution in [0.3, 0.4) is 0 Å². The molecule has 1 aromatic carbocycles.